The van der Waals surface area contributed by atoms with Gasteiger partial charge < -0.3 is 16.2 Å². The van der Waals surface area contributed by atoms with E-state index >= 15 is 0 Å². The minimum absolute atomic E-state index is 0.0115. The van der Waals surface area contributed by atoms with E-state index < -0.39 is 0 Å². The number of aromatic amines is 1. The lowest BCUT2D eigenvalue weighted by Gasteiger charge is -2.12. The van der Waals surface area contributed by atoms with E-state index in [-0.39, 0.29) is 29.5 Å². The van der Waals surface area contributed by atoms with Crippen molar-refractivity contribution in [1.82, 2.24) is 20.5 Å². The highest BCUT2D eigenvalue weighted by atomic mass is 16.3. The number of aromatic hydroxyl groups is 1. The fourth-order valence-corrected chi connectivity index (χ4v) is 1.79. The molecule has 20 heavy (non-hydrogen) atoms. The van der Waals surface area contributed by atoms with Crippen molar-refractivity contribution in [3.8, 4) is 5.75 Å². The van der Waals surface area contributed by atoms with Crippen LogP contribution < -0.4 is 11.1 Å². The number of nitrogens with two attached hydrogens (primary N) is 1. The summed E-state index contributed by atoms with van der Waals surface area (Å²) in [6.45, 7) is 1.91. The molecule has 0 saturated carbocycles. The second kappa shape index (κ2) is 6.05. The van der Waals surface area contributed by atoms with Crippen LogP contribution >= 0.6 is 0 Å². The molecule has 0 spiro atoms. The predicted molar refractivity (Wildman–Crippen MR) is 74.2 cm³/mol. The first-order chi connectivity index (χ1) is 9.54. The molecule has 0 radical (unpaired) electrons. The Labute approximate surface area is 116 Å². The highest BCUT2D eigenvalue weighted by molar-refractivity contribution is 5.90. The second-order valence-corrected chi connectivity index (χ2v) is 4.62. The van der Waals surface area contributed by atoms with Crippen LogP contribution in [0.15, 0.2) is 24.3 Å². The second-order valence-electron chi connectivity index (χ2n) is 4.62. The van der Waals surface area contributed by atoms with Crippen LogP contribution in [0.3, 0.4) is 0 Å². The van der Waals surface area contributed by atoms with Crippen molar-refractivity contribution in [2.75, 3.05) is 5.73 Å². The van der Waals surface area contributed by atoms with E-state index in [9.17, 15) is 9.90 Å². The summed E-state index contributed by atoms with van der Waals surface area (Å²) in [4.78, 5) is 15.6. The Morgan fingerprint density at radius 2 is 2.15 bits per heavy atom. The third-order valence-electron chi connectivity index (χ3n) is 2.90. The minimum atomic E-state index is -0.326. The number of H-pyrrole nitrogens is 1. The van der Waals surface area contributed by atoms with Gasteiger partial charge in [0.05, 0.1) is 0 Å². The molecule has 0 aliphatic rings. The van der Waals surface area contributed by atoms with Gasteiger partial charge in [-0.1, -0.05) is 12.1 Å². The van der Waals surface area contributed by atoms with E-state index in [4.69, 9.17) is 5.73 Å². The molecule has 0 saturated heterocycles. The number of phenols is 1. The number of nitrogen functional groups attached to an aromatic ring is 1. The summed E-state index contributed by atoms with van der Waals surface area (Å²) in [5.74, 6) is 0.0799. The van der Waals surface area contributed by atoms with Crippen LogP contribution in [0.4, 0.5) is 5.95 Å². The summed E-state index contributed by atoms with van der Waals surface area (Å²) in [5.41, 5.74) is 6.44. The SMILES string of the molecule is CC(CCc1ccc(O)cc1)NC(=O)c1nc(N)n[nH]1. The number of aryl methyl sites for hydroxylation is 1. The number of amides is 1. The Morgan fingerprint density at radius 1 is 1.45 bits per heavy atom. The zero-order valence-electron chi connectivity index (χ0n) is 11.1. The van der Waals surface area contributed by atoms with Gasteiger partial charge in [-0.15, -0.1) is 5.10 Å². The quantitative estimate of drug-likeness (QED) is 0.645. The first-order valence-electron chi connectivity index (χ1n) is 6.31. The van der Waals surface area contributed by atoms with E-state index in [1.165, 1.54) is 0 Å². The number of hydrogen-bond donors (Lipinski definition) is 4. The molecule has 1 heterocycles. The number of phenolic OH excluding ortho intramolecular Hbond substituents is 1. The summed E-state index contributed by atoms with van der Waals surface area (Å²) < 4.78 is 0. The molecule has 106 valence electrons. The Bertz CT molecular complexity index is 579. The van der Waals surface area contributed by atoms with Crippen LogP contribution in [-0.4, -0.2) is 32.2 Å². The molecule has 0 bridgehead atoms. The number of rotatable bonds is 5. The molecule has 5 N–H and O–H groups in total. The molecular formula is C13H17N5O2. The van der Waals surface area contributed by atoms with Crippen LogP contribution in [0.1, 0.15) is 29.5 Å². The zero-order chi connectivity index (χ0) is 14.5. The molecule has 7 heteroatoms. The summed E-state index contributed by atoms with van der Waals surface area (Å²) in [6.07, 6.45) is 1.58. The third kappa shape index (κ3) is 3.71. The van der Waals surface area contributed by atoms with Crippen molar-refractivity contribution < 1.29 is 9.90 Å². The van der Waals surface area contributed by atoms with Crippen LogP contribution in [0.25, 0.3) is 0 Å². The lowest BCUT2D eigenvalue weighted by molar-refractivity contribution is 0.0928. The Balaban J connectivity index is 1.82. The van der Waals surface area contributed by atoms with E-state index in [0.29, 0.717) is 0 Å². The molecule has 1 amide bonds. The largest absolute Gasteiger partial charge is 0.508 e. The van der Waals surface area contributed by atoms with E-state index in [0.717, 1.165) is 18.4 Å². The van der Waals surface area contributed by atoms with Crippen molar-refractivity contribution >= 4 is 11.9 Å². The maximum atomic E-state index is 11.8. The van der Waals surface area contributed by atoms with Crippen LogP contribution in [0.2, 0.25) is 0 Å². The lowest BCUT2D eigenvalue weighted by Crippen LogP contribution is -2.33. The number of carbonyl (C=O) groups excluding carboxylic acids is 1. The maximum Gasteiger partial charge on any atom is 0.288 e. The van der Waals surface area contributed by atoms with E-state index in [1.54, 1.807) is 12.1 Å². The summed E-state index contributed by atoms with van der Waals surface area (Å²) in [7, 11) is 0. The maximum absolute atomic E-state index is 11.8. The fraction of sp³-hybridized carbons (Fsp3) is 0.308. The van der Waals surface area contributed by atoms with Gasteiger partial charge in [0.25, 0.3) is 5.91 Å². The normalized spacial score (nSPS) is 12.1. The van der Waals surface area contributed by atoms with Gasteiger partial charge in [0.1, 0.15) is 5.75 Å². The smallest absolute Gasteiger partial charge is 0.288 e. The average molecular weight is 275 g/mol. The van der Waals surface area contributed by atoms with Gasteiger partial charge in [0.15, 0.2) is 0 Å². The number of anilines is 1. The van der Waals surface area contributed by atoms with Gasteiger partial charge >= 0.3 is 0 Å². The number of hydrogen-bond acceptors (Lipinski definition) is 5. The Morgan fingerprint density at radius 3 is 2.75 bits per heavy atom. The molecule has 1 unspecified atom stereocenters. The fourth-order valence-electron chi connectivity index (χ4n) is 1.79. The molecule has 0 fully saturated rings. The van der Waals surface area contributed by atoms with Crippen molar-refractivity contribution in [2.24, 2.45) is 0 Å². The third-order valence-corrected chi connectivity index (χ3v) is 2.90. The van der Waals surface area contributed by atoms with Crippen LogP contribution in [0.5, 0.6) is 5.75 Å². The Kier molecular flexibility index (Phi) is 4.19. The summed E-state index contributed by atoms with van der Waals surface area (Å²) in [6, 6.07) is 7.01. The van der Waals surface area contributed by atoms with Gasteiger partial charge in [0.2, 0.25) is 11.8 Å². The topological polar surface area (TPSA) is 117 Å². The molecular weight excluding hydrogens is 258 g/mol. The van der Waals surface area contributed by atoms with Crippen molar-refractivity contribution in [2.45, 2.75) is 25.8 Å². The first-order valence-corrected chi connectivity index (χ1v) is 6.31. The van der Waals surface area contributed by atoms with Gasteiger partial charge in [-0.2, -0.15) is 4.98 Å². The molecule has 1 atom stereocenters. The lowest BCUT2D eigenvalue weighted by atomic mass is 10.1. The molecule has 2 rings (SSSR count). The van der Waals surface area contributed by atoms with Crippen LogP contribution in [0, 0.1) is 0 Å². The average Bonchev–Trinajstić information content (AvgIpc) is 2.85. The van der Waals surface area contributed by atoms with Crippen molar-refractivity contribution in [1.29, 1.82) is 0 Å². The van der Waals surface area contributed by atoms with Crippen LogP contribution in [-0.2, 0) is 6.42 Å². The van der Waals surface area contributed by atoms with Gasteiger partial charge in [0, 0.05) is 6.04 Å². The number of benzene rings is 1. The number of nitrogens with zero attached hydrogens (tertiary/aromatic N) is 2. The first kappa shape index (κ1) is 13.9. The minimum Gasteiger partial charge on any atom is -0.508 e. The molecule has 2 aromatic rings. The summed E-state index contributed by atoms with van der Waals surface area (Å²) in [5, 5.41) is 18.1. The van der Waals surface area contributed by atoms with Crippen molar-refractivity contribution in [3.05, 3.63) is 35.7 Å². The summed E-state index contributed by atoms with van der Waals surface area (Å²) >= 11 is 0. The van der Waals surface area contributed by atoms with E-state index in [1.807, 2.05) is 19.1 Å². The standard InChI is InChI=1S/C13H17N5O2/c1-8(2-3-9-4-6-10(19)7-5-9)15-12(20)11-16-13(14)18-17-11/h4-8,19H,2-3H2,1H3,(H,15,20)(H3,14,16,17,18). The Hall–Kier alpha value is -2.57. The van der Waals surface area contributed by atoms with Gasteiger partial charge in [-0.3, -0.25) is 9.89 Å². The van der Waals surface area contributed by atoms with Gasteiger partial charge in [-0.05, 0) is 37.5 Å². The monoisotopic (exact) mass is 275 g/mol. The predicted octanol–water partition coefficient (Wildman–Crippen LogP) is 0.844. The molecule has 1 aromatic carbocycles. The molecule has 7 nitrogen and oxygen atoms in total. The number of carbonyl (C=O) groups is 1. The van der Waals surface area contributed by atoms with Gasteiger partial charge in [-0.25, -0.2) is 0 Å². The van der Waals surface area contributed by atoms with E-state index in [2.05, 4.69) is 20.5 Å². The van der Waals surface area contributed by atoms with Crippen molar-refractivity contribution in [3.63, 3.8) is 0 Å². The highest BCUT2D eigenvalue weighted by Crippen LogP contribution is 2.12. The molecule has 0 aliphatic carbocycles. The number of nitrogens with one attached hydrogen (secondary N) is 2. The zero-order valence-corrected chi connectivity index (χ0v) is 11.1. The number of aromatic nitrogens is 3. The molecule has 1 aromatic heterocycles. The molecule has 0 aliphatic heterocycles. The highest BCUT2D eigenvalue weighted by Gasteiger charge is 2.13.